The Morgan fingerprint density at radius 3 is 2.62 bits per heavy atom. The van der Waals surface area contributed by atoms with Gasteiger partial charge in [-0.05, 0) is 30.9 Å². The van der Waals surface area contributed by atoms with E-state index < -0.39 is 23.7 Å². The Kier molecular flexibility index (Phi) is 3.78. The fraction of sp³-hybridized carbons (Fsp3) is 0.375. The highest BCUT2D eigenvalue weighted by Gasteiger charge is 2.44. The zero-order valence-corrected chi connectivity index (χ0v) is 13.3. The molecular formula is C16H13F4N5O. The van der Waals surface area contributed by atoms with Crippen LogP contribution >= 0.6 is 0 Å². The molecule has 4 heterocycles. The van der Waals surface area contributed by atoms with Crippen LogP contribution in [-0.4, -0.2) is 31.9 Å². The predicted octanol–water partition coefficient (Wildman–Crippen LogP) is 3.32. The highest BCUT2D eigenvalue weighted by atomic mass is 19.4. The largest absolute Gasteiger partial charge is 0.419 e. The van der Waals surface area contributed by atoms with Gasteiger partial charge in [0.2, 0.25) is 11.9 Å². The zero-order chi connectivity index (χ0) is 18.5. The van der Waals surface area contributed by atoms with Gasteiger partial charge in [0, 0.05) is 30.2 Å². The molecule has 26 heavy (non-hydrogen) atoms. The maximum atomic E-state index is 13.9. The van der Waals surface area contributed by atoms with Gasteiger partial charge in [0.15, 0.2) is 0 Å². The second-order valence-electron chi connectivity index (χ2n) is 6.25. The molecule has 2 aromatic heterocycles. The van der Waals surface area contributed by atoms with Crippen molar-refractivity contribution in [3.63, 3.8) is 0 Å². The Morgan fingerprint density at radius 2 is 1.92 bits per heavy atom. The van der Waals surface area contributed by atoms with Crippen LogP contribution in [0.2, 0.25) is 0 Å². The first kappa shape index (κ1) is 16.7. The molecule has 2 aliphatic rings. The number of amides is 2. The zero-order valence-electron chi connectivity index (χ0n) is 13.3. The predicted molar refractivity (Wildman–Crippen MR) is 81.6 cm³/mol. The highest BCUT2D eigenvalue weighted by Crippen LogP contribution is 2.44. The first-order valence-corrected chi connectivity index (χ1v) is 7.96. The van der Waals surface area contributed by atoms with Gasteiger partial charge in [-0.15, -0.1) is 0 Å². The quantitative estimate of drug-likeness (QED) is 0.620. The number of rotatable bonds is 1. The lowest BCUT2D eigenvalue weighted by Gasteiger charge is -2.35. The number of halogens is 4. The number of aromatic nitrogens is 3. The van der Waals surface area contributed by atoms with Gasteiger partial charge in [-0.3, -0.25) is 5.32 Å². The first-order chi connectivity index (χ1) is 12.3. The van der Waals surface area contributed by atoms with E-state index in [0.29, 0.717) is 37.2 Å². The molecule has 2 aromatic rings. The molecule has 2 amide bonds. The van der Waals surface area contributed by atoms with Crippen molar-refractivity contribution in [1.82, 2.24) is 19.9 Å². The number of hydrogen-bond acceptors (Lipinski definition) is 4. The van der Waals surface area contributed by atoms with Gasteiger partial charge in [0.1, 0.15) is 0 Å². The normalized spacial score (nSPS) is 21.5. The Labute approximate surface area is 145 Å². The van der Waals surface area contributed by atoms with Crippen molar-refractivity contribution in [3.05, 3.63) is 47.3 Å². The average Bonchev–Trinajstić information content (AvgIpc) is 2.91. The summed E-state index contributed by atoms with van der Waals surface area (Å²) in [5.41, 5.74) is 0.245. The van der Waals surface area contributed by atoms with Crippen LogP contribution in [0.5, 0.6) is 0 Å². The maximum Gasteiger partial charge on any atom is 0.419 e. The van der Waals surface area contributed by atoms with Crippen molar-refractivity contribution in [3.8, 4) is 0 Å². The van der Waals surface area contributed by atoms with E-state index >= 15 is 0 Å². The molecule has 6 nitrogen and oxygen atoms in total. The van der Waals surface area contributed by atoms with Gasteiger partial charge in [0.25, 0.3) is 0 Å². The molecular weight excluding hydrogens is 354 g/mol. The Hall–Kier alpha value is -2.78. The van der Waals surface area contributed by atoms with E-state index in [9.17, 15) is 22.4 Å². The van der Waals surface area contributed by atoms with Crippen molar-refractivity contribution in [2.24, 2.45) is 0 Å². The summed E-state index contributed by atoms with van der Waals surface area (Å²) in [6.07, 6.45) is -0.207. The molecule has 4 rings (SSSR count). The summed E-state index contributed by atoms with van der Waals surface area (Å²) in [5.74, 6) is -0.736. The number of carbonyl (C=O) groups excluding carboxylic acids is 1. The minimum atomic E-state index is -4.55. The van der Waals surface area contributed by atoms with Crippen LogP contribution < -0.4 is 5.32 Å². The average molecular weight is 367 g/mol. The Balaban J connectivity index is 1.54. The van der Waals surface area contributed by atoms with Gasteiger partial charge >= 0.3 is 12.2 Å². The minimum absolute atomic E-state index is 0.194. The summed E-state index contributed by atoms with van der Waals surface area (Å²) in [6, 6.07) is 0.691. The fourth-order valence-corrected chi connectivity index (χ4v) is 3.63. The molecule has 1 fully saturated rings. The molecule has 1 saturated heterocycles. The summed E-state index contributed by atoms with van der Waals surface area (Å²) in [4.78, 5) is 24.9. The van der Waals surface area contributed by atoms with Crippen LogP contribution in [-0.2, 0) is 12.6 Å². The second-order valence-corrected chi connectivity index (χ2v) is 6.25. The number of urea groups is 1. The van der Waals surface area contributed by atoms with Crippen molar-refractivity contribution >= 4 is 12.0 Å². The fourth-order valence-electron chi connectivity index (χ4n) is 3.63. The van der Waals surface area contributed by atoms with E-state index in [1.807, 2.05) is 0 Å². The number of nitrogens with one attached hydrogen (secondary N) is 1. The molecule has 136 valence electrons. The van der Waals surface area contributed by atoms with E-state index in [4.69, 9.17) is 0 Å². The van der Waals surface area contributed by atoms with E-state index in [1.165, 1.54) is 6.20 Å². The van der Waals surface area contributed by atoms with E-state index in [-0.39, 0.29) is 18.0 Å². The number of nitrogens with zero attached hydrogens (tertiary/aromatic N) is 4. The molecule has 2 bridgehead atoms. The third kappa shape index (κ3) is 2.74. The Morgan fingerprint density at radius 1 is 1.19 bits per heavy atom. The summed E-state index contributed by atoms with van der Waals surface area (Å²) in [7, 11) is 0. The monoisotopic (exact) mass is 367 g/mol. The first-order valence-electron chi connectivity index (χ1n) is 7.96. The topological polar surface area (TPSA) is 71.0 Å². The molecule has 0 aromatic carbocycles. The molecule has 0 unspecified atom stereocenters. The lowest BCUT2D eigenvalue weighted by molar-refractivity contribution is -0.138. The van der Waals surface area contributed by atoms with Crippen molar-refractivity contribution < 1.29 is 22.4 Å². The van der Waals surface area contributed by atoms with Gasteiger partial charge in [-0.25, -0.2) is 19.7 Å². The highest BCUT2D eigenvalue weighted by molar-refractivity contribution is 5.88. The molecule has 0 saturated carbocycles. The molecule has 1 N–H and O–H groups in total. The number of pyridine rings is 1. The summed E-state index contributed by atoms with van der Waals surface area (Å²) in [5, 5.41) is 2.42. The minimum Gasteiger partial charge on any atom is -0.314 e. The van der Waals surface area contributed by atoms with Crippen LogP contribution in [0.4, 0.5) is 28.3 Å². The number of alkyl halides is 3. The van der Waals surface area contributed by atoms with Crippen LogP contribution in [0.15, 0.2) is 24.7 Å². The second kappa shape index (κ2) is 5.89. The third-order valence-corrected chi connectivity index (χ3v) is 4.77. The van der Waals surface area contributed by atoms with Crippen molar-refractivity contribution in [2.45, 2.75) is 37.5 Å². The maximum absolute atomic E-state index is 13.9. The van der Waals surface area contributed by atoms with Crippen molar-refractivity contribution in [1.29, 1.82) is 0 Å². The van der Waals surface area contributed by atoms with Crippen LogP contribution in [0.1, 0.15) is 35.6 Å². The number of anilines is 1. The van der Waals surface area contributed by atoms with Crippen LogP contribution in [0.25, 0.3) is 0 Å². The number of carbonyl (C=O) groups is 1. The van der Waals surface area contributed by atoms with Gasteiger partial charge in [-0.2, -0.15) is 17.6 Å². The molecule has 2 aliphatic heterocycles. The summed E-state index contributed by atoms with van der Waals surface area (Å²) in [6.45, 7) is 0. The smallest absolute Gasteiger partial charge is 0.314 e. The van der Waals surface area contributed by atoms with E-state index in [1.54, 1.807) is 11.0 Å². The van der Waals surface area contributed by atoms with Gasteiger partial charge < -0.3 is 4.90 Å². The molecule has 0 spiro atoms. The SMILES string of the molecule is O=C(Nc1ncc(C(F)(F)F)cn1)N1[C@H]2CC[C@@H]1c1ccnc(F)c1C2. The number of fused-ring (bicyclic) bond motifs is 4. The molecule has 0 aliphatic carbocycles. The van der Waals surface area contributed by atoms with Crippen molar-refractivity contribution in [2.75, 3.05) is 5.32 Å². The van der Waals surface area contributed by atoms with E-state index in [2.05, 4.69) is 20.3 Å². The molecule has 0 radical (unpaired) electrons. The summed E-state index contributed by atoms with van der Waals surface area (Å²) < 4.78 is 51.6. The van der Waals surface area contributed by atoms with Gasteiger partial charge in [-0.1, -0.05) is 0 Å². The third-order valence-electron chi connectivity index (χ3n) is 4.77. The van der Waals surface area contributed by atoms with Crippen LogP contribution in [0.3, 0.4) is 0 Å². The summed E-state index contributed by atoms with van der Waals surface area (Å²) >= 11 is 0. The number of hydrogen-bond donors (Lipinski definition) is 1. The van der Waals surface area contributed by atoms with E-state index in [0.717, 1.165) is 5.56 Å². The Bertz CT molecular complexity index is 855. The molecule has 2 atom stereocenters. The lowest BCUT2D eigenvalue weighted by Crippen LogP contribution is -2.44. The lowest BCUT2D eigenvalue weighted by atomic mass is 9.95. The van der Waals surface area contributed by atoms with Crippen LogP contribution in [0, 0.1) is 5.95 Å². The molecule has 10 heteroatoms. The standard InChI is InChI=1S/C16H13F4N5O/c17-13-11-5-9-1-2-12(10(11)3-4-21-13)25(9)15(26)24-14-22-6-8(7-23-14)16(18,19)20/h3-4,6-7,9,12H,1-2,5H2,(H,22,23,24,26)/t9-,12+/m0/s1. The van der Waals surface area contributed by atoms with Gasteiger partial charge in [0.05, 0.1) is 11.6 Å².